The van der Waals surface area contributed by atoms with E-state index in [1.54, 1.807) is 0 Å². The van der Waals surface area contributed by atoms with Crippen LogP contribution in [-0.4, -0.2) is 35.0 Å². The van der Waals surface area contributed by atoms with Crippen LogP contribution in [-0.2, 0) is 9.59 Å². The summed E-state index contributed by atoms with van der Waals surface area (Å²) in [5, 5.41) is 16.2. The van der Waals surface area contributed by atoms with E-state index in [0.717, 1.165) is 0 Å². The van der Waals surface area contributed by atoms with Crippen molar-refractivity contribution >= 4 is 11.6 Å². The first-order chi connectivity index (χ1) is 4.20. The van der Waals surface area contributed by atoms with Gasteiger partial charge in [-0.25, -0.2) is 0 Å². The SMILES string of the molecule is O=C(CO)CC(=O)CO. The Morgan fingerprint density at radius 2 is 1.33 bits per heavy atom. The number of hydrogen-bond acceptors (Lipinski definition) is 4. The third-order valence-electron chi connectivity index (χ3n) is 0.747. The molecular weight excluding hydrogens is 124 g/mol. The highest BCUT2D eigenvalue weighted by molar-refractivity contribution is 5.99. The molecule has 0 spiro atoms. The molecule has 0 aliphatic carbocycles. The molecular formula is C5H8O4. The van der Waals surface area contributed by atoms with E-state index < -0.39 is 24.8 Å². The summed E-state index contributed by atoms with van der Waals surface area (Å²) in [5.74, 6) is -1.12. The summed E-state index contributed by atoms with van der Waals surface area (Å²) in [6.07, 6.45) is -0.368. The second-order valence-corrected chi connectivity index (χ2v) is 1.57. The van der Waals surface area contributed by atoms with Crippen LogP contribution in [0.2, 0.25) is 0 Å². The molecule has 0 atom stereocenters. The number of rotatable bonds is 4. The van der Waals surface area contributed by atoms with Crippen LogP contribution in [0.1, 0.15) is 6.42 Å². The van der Waals surface area contributed by atoms with Gasteiger partial charge in [-0.2, -0.15) is 0 Å². The van der Waals surface area contributed by atoms with Gasteiger partial charge in [0.05, 0.1) is 6.42 Å². The van der Waals surface area contributed by atoms with Crippen LogP contribution in [0.3, 0.4) is 0 Å². The highest BCUT2D eigenvalue weighted by Gasteiger charge is 2.05. The fraction of sp³-hybridized carbons (Fsp3) is 0.600. The minimum absolute atomic E-state index is 0.368. The Bertz CT molecular complexity index is 104. The van der Waals surface area contributed by atoms with Crippen LogP contribution in [0.4, 0.5) is 0 Å². The Labute approximate surface area is 52.1 Å². The van der Waals surface area contributed by atoms with Gasteiger partial charge in [0, 0.05) is 0 Å². The van der Waals surface area contributed by atoms with Gasteiger partial charge in [-0.1, -0.05) is 0 Å². The van der Waals surface area contributed by atoms with Crippen molar-refractivity contribution in [3.8, 4) is 0 Å². The summed E-state index contributed by atoms with van der Waals surface area (Å²) in [5.41, 5.74) is 0. The molecule has 0 unspecified atom stereocenters. The van der Waals surface area contributed by atoms with Gasteiger partial charge >= 0.3 is 0 Å². The Morgan fingerprint density at radius 3 is 1.56 bits per heavy atom. The fourth-order valence-corrected chi connectivity index (χ4v) is 0.332. The smallest absolute Gasteiger partial charge is 0.165 e. The summed E-state index contributed by atoms with van der Waals surface area (Å²) in [6.45, 7) is -1.27. The standard InChI is InChI=1S/C5H8O4/c6-2-4(8)1-5(9)3-7/h6-7H,1-3H2. The van der Waals surface area contributed by atoms with E-state index >= 15 is 0 Å². The molecule has 0 bridgehead atoms. The van der Waals surface area contributed by atoms with Crippen LogP contribution >= 0.6 is 0 Å². The van der Waals surface area contributed by atoms with E-state index in [1.165, 1.54) is 0 Å². The maximum Gasteiger partial charge on any atom is 0.165 e. The molecule has 4 heteroatoms. The minimum Gasteiger partial charge on any atom is -0.389 e. The van der Waals surface area contributed by atoms with Crippen LogP contribution in [0.5, 0.6) is 0 Å². The zero-order valence-corrected chi connectivity index (χ0v) is 4.83. The number of ketones is 2. The van der Waals surface area contributed by atoms with Crippen molar-refractivity contribution in [3.63, 3.8) is 0 Å². The molecule has 0 saturated carbocycles. The molecule has 0 aliphatic rings. The van der Waals surface area contributed by atoms with Crippen molar-refractivity contribution in [2.45, 2.75) is 6.42 Å². The first kappa shape index (κ1) is 8.26. The molecule has 9 heavy (non-hydrogen) atoms. The van der Waals surface area contributed by atoms with Crippen LogP contribution in [0.25, 0.3) is 0 Å². The molecule has 0 amide bonds. The van der Waals surface area contributed by atoms with E-state index in [9.17, 15) is 9.59 Å². The van der Waals surface area contributed by atoms with Crippen LogP contribution in [0.15, 0.2) is 0 Å². The number of hydrogen-bond donors (Lipinski definition) is 2. The predicted molar refractivity (Wildman–Crippen MR) is 28.8 cm³/mol. The number of carbonyl (C=O) groups excluding carboxylic acids is 2. The van der Waals surface area contributed by atoms with E-state index in [-0.39, 0.29) is 6.42 Å². The van der Waals surface area contributed by atoms with Gasteiger partial charge in [0.15, 0.2) is 11.6 Å². The molecule has 0 aromatic heterocycles. The average molecular weight is 132 g/mol. The summed E-state index contributed by atoms with van der Waals surface area (Å²) in [6, 6.07) is 0. The third-order valence-corrected chi connectivity index (χ3v) is 0.747. The predicted octanol–water partition coefficient (Wildman–Crippen LogP) is -1.50. The lowest BCUT2D eigenvalue weighted by molar-refractivity contribution is -0.130. The molecule has 0 heterocycles. The van der Waals surface area contributed by atoms with E-state index in [0.29, 0.717) is 0 Å². The molecule has 0 fully saturated rings. The molecule has 4 nitrogen and oxygen atoms in total. The number of carbonyl (C=O) groups is 2. The van der Waals surface area contributed by atoms with E-state index in [2.05, 4.69) is 0 Å². The summed E-state index contributed by atoms with van der Waals surface area (Å²) < 4.78 is 0. The number of aliphatic hydroxyl groups excluding tert-OH is 2. The van der Waals surface area contributed by atoms with Gasteiger partial charge in [0.2, 0.25) is 0 Å². The van der Waals surface area contributed by atoms with Crippen molar-refractivity contribution in [2.75, 3.05) is 13.2 Å². The highest BCUT2D eigenvalue weighted by Crippen LogP contribution is 1.82. The molecule has 0 radical (unpaired) electrons. The van der Waals surface area contributed by atoms with Gasteiger partial charge in [0.25, 0.3) is 0 Å². The van der Waals surface area contributed by atoms with Crippen LogP contribution in [0, 0.1) is 0 Å². The van der Waals surface area contributed by atoms with Crippen molar-refractivity contribution in [2.24, 2.45) is 0 Å². The molecule has 52 valence electrons. The average Bonchev–Trinajstić information content (AvgIpc) is 1.87. The lowest BCUT2D eigenvalue weighted by atomic mass is 10.2. The minimum atomic E-state index is -0.633. The Kier molecular flexibility index (Phi) is 3.83. The first-order valence-corrected chi connectivity index (χ1v) is 2.45. The van der Waals surface area contributed by atoms with Gasteiger partial charge in [-0.15, -0.1) is 0 Å². The Morgan fingerprint density at radius 1 is 1.00 bits per heavy atom. The maximum atomic E-state index is 10.2. The van der Waals surface area contributed by atoms with Gasteiger partial charge in [-0.3, -0.25) is 9.59 Å². The molecule has 2 N–H and O–H groups in total. The largest absolute Gasteiger partial charge is 0.389 e. The zero-order valence-electron chi connectivity index (χ0n) is 4.83. The molecule has 0 rings (SSSR count). The van der Waals surface area contributed by atoms with E-state index in [1.807, 2.05) is 0 Å². The van der Waals surface area contributed by atoms with Crippen molar-refractivity contribution in [1.29, 1.82) is 0 Å². The first-order valence-electron chi connectivity index (χ1n) is 2.45. The Balaban J connectivity index is 3.47. The summed E-state index contributed by atoms with van der Waals surface area (Å²) in [7, 11) is 0. The summed E-state index contributed by atoms with van der Waals surface area (Å²) in [4.78, 5) is 20.4. The van der Waals surface area contributed by atoms with Crippen LogP contribution < -0.4 is 0 Å². The zero-order chi connectivity index (χ0) is 7.28. The monoisotopic (exact) mass is 132 g/mol. The van der Waals surface area contributed by atoms with Gasteiger partial charge in [-0.05, 0) is 0 Å². The van der Waals surface area contributed by atoms with Crippen molar-refractivity contribution < 1.29 is 19.8 Å². The second-order valence-electron chi connectivity index (χ2n) is 1.57. The van der Waals surface area contributed by atoms with Gasteiger partial charge < -0.3 is 10.2 Å². The topological polar surface area (TPSA) is 74.6 Å². The third kappa shape index (κ3) is 3.81. The van der Waals surface area contributed by atoms with Crippen molar-refractivity contribution in [1.82, 2.24) is 0 Å². The maximum absolute atomic E-state index is 10.2. The Hall–Kier alpha value is -0.740. The number of Topliss-reactive ketones (excluding diaryl/α,β-unsaturated/α-hetero) is 2. The number of aliphatic hydroxyl groups is 2. The van der Waals surface area contributed by atoms with E-state index in [4.69, 9.17) is 10.2 Å². The van der Waals surface area contributed by atoms with Crippen molar-refractivity contribution in [3.05, 3.63) is 0 Å². The normalized spacial score (nSPS) is 9.11. The molecule has 0 saturated heterocycles. The molecule has 0 aliphatic heterocycles. The quantitative estimate of drug-likeness (QED) is 0.456. The lowest BCUT2D eigenvalue weighted by Crippen LogP contribution is -2.13. The molecule has 0 aromatic rings. The molecule has 0 aromatic carbocycles. The van der Waals surface area contributed by atoms with Gasteiger partial charge in [0.1, 0.15) is 13.2 Å². The lowest BCUT2D eigenvalue weighted by Gasteiger charge is -1.90. The highest BCUT2D eigenvalue weighted by atomic mass is 16.3. The summed E-state index contributed by atoms with van der Waals surface area (Å²) >= 11 is 0. The fourth-order valence-electron chi connectivity index (χ4n) is 0.332. The second kappa shape index (κ2) is 4.17.